The van der Waals surface area contributed by atoms with Crippen LogP contribution in [0.5, 0.6) is 0 Å². The minimum atomic E-state index is 0. The van der Waals surface area contributed by atoms with Gasteiger partial charge in [-0.15, -0.1) is 12.4 Å². The van der Waals surface area contributed by atoms with Crippen molar-refractivity contribution >= 4 is 18.3 Å². The summed E-state index contributed by atoms with van der Waals surface area (Å²) in [5.74, 6) is 0.0947. The number of aryl methyl sites for hydroxylation is 1. The number of halogens is 1. The molecule has 0 saturated carbocycles. The van der Waals surface area contributed by atoms with Crippen molar-refractivity contribution in [3.8, 4) is 5.69 Å². The van der Waals surface area contributed by atoms with Gasteiger partial charge in [0.15, 0.2) is 0 Å². The second-order valence-electron chi connectivity index (χ2n) is 5.39. The molecule has 1 aliphatic rings. The van der Waals surface area contributed by atoms with Gasteiger partial charge in [-0.25, -0.2) is 9.67 Å². The second-order valence-corrected chi connectivity index (χ2v) is 5.39. The average molecular weight is 322 g/mol. The van der Waals surface area contributed by atoms with Crippen LogP contribution in [0, 0.1) is 6.92 Å². The van der Waals surface area contributed by atoms with Crippen LogP contribution < -0.4 is 5.32 Å². The molecule has 0 spiro atoms. The van der Waals surface area contributed by atoms with Gasteiger partial charge in [0, 0.05) is 31.2 Å². The van der Waals surface area contributed by atoms with E-state index in [0.717, 1.165) is 36.4 Å². The van der Waals surface area contributed by atoms with Crippen LogP contribution in [0.15, 0.2) is 30.9 Å². The molecule has 3 rings (SSSR count). The monoisotopic (exact) mass is 321 g/mol. The second kappa shape index (κ2) is 6.89. The van der Waals surface area contributed by atoms with E-state index in [0.29, 0.717) is 0 Å². The van der Waals surface area contributed by atoms with Crippen molar-refractivity contribution in [1.82, 2.24) is 25.0 Å². The molecule has 1 aromatic heterocycles. The van der Waals surface area contributed by atoms with Crippen molar-refractivity contribution in [3.05, 3.63) is 42.0 Å². The molecule has 0 aliphatic carbocycles. The lowest BCUT2D eigenvalue weighted by Crippen LogP contribution is -2.52. The van der Waals surface area contributed by atoms with Crippen LogP contribution >= 0.6 is 12.4 Å². The van der Waals surface area contributed by atoms with Gasteiger partial charge in [0.2, 0.25) is 0 Å². The van der Waals surface area contributed by atoms with E-state index in [1.54, 1.807) is 11.0 Å². The number of rotatable bonds is 2. The highest BCUT2D eigenvalue weighted by molar-refractivity contribution is 5.95. The fraction of sp³-hybridized carbons (Fsp3) is 0.400. The number of nitrogens with zero attached hydrogens (tertiary/aromatic N) is 4. The van der Waals surface area contributed by atoms with Crippen molar-refractivity contribution in [3.63, 3.8) is 0 Å². The lowest BCUT2D eigenvalue weighted by atomic mass is 10.1. The Kier molecular flexibility index (Phi) is 5.15. The number of aromatic nitrogens is 3. The Labute approximate surface area is 135 Å². The Hall–Kier alpha value is -1.92. The Morgan fingerprint density at radius 3 is 2.86 bits per heavy atom. The van der Waals surface area contributed by atoms with E-state index in [1.807, 2.05) is 30.0 Å². The van der Waals surface area contributed by atoms with Crippen molar-refractivity contribution in [2.45, 2.75) is 19.9 Å². The normalized spacial score (nSPS) is 17.9. The van der Waals surface area contributed by atoms with Gasteiger partial charge in [-0.05, 0) is 37.6 Å². The maximum atomic E-state index is 12.6. The van der Waals surface area contributed by atoms with Crippen LogP contribution in [-0.4, -0.2) is 51.2 Å². The molecule has 2 aromatic rings. The minimum absolute atomic E-state index is 0. The Morgan fingerprint density at radius 1 is 1.41 bits per heavy atom. The lowest BCUT2D eigenvalue weighted by Gasteiger charge is -2.34. The summed E-state index contributed by atoms with van der Waals surface area (Å²) in [5.41, 5.74) is 2.68. The maximum Gasteiger partial charge on any atom is 0.254 e. The molecule has 1 fully saturated rings. The van der Waals surface area contributed by atoms with E-state index in [-0.39, 0.29) is 24.4 Å². The summed E-state index contributed by atoms with van der Waals surface area (Å²) in [6.07, 6.45) is 3.16. The lowest BCUT2D eigenvalue weighted by molar-refractivity contribution is 0.0655. The van der Waals surface area contributed by atoms with E-state index in [4.69, 9.17) is 0 Å². The average Bonchev–Trinajstić information content (AvgIpc) is 3.01. The number of hydrogen-bond donors (Lipinski definition) is 1. The summed E-state index contributed by atoms with van der Waals surface area (Å²) in [7, 11) is 0. The molecule has 0 radical (unpaired) electrons. The van der Waals surface area contributed by atoms with E-state index < -0.39 is 0 Å². The van der Waals surface area contributed by atoms with Crippen LogP contribution in [-0.2, 0) is 0 Å². The molecule has 2 heterocycles. The van der Waals surface area contributed by atoms with Gasteiger partial charge in [0.1, 0.15) is 12.7 Å². The van der Waals surface area contributed by atoms with Gasteiger partial charge in [-0.1, -0.05) is 0 Å². The molecule has 22 heavy (non-hydrogen) atoms. The minimum Gasteiger partial charge on any atom is -0.333 e. The van der Waals surface area contributed by atoms with E-state index >= 15 is 0 Å². The summed E-state index contributed by atoms with van der Waals surface area (Å²) in [6.45, 7) is 6.51. The van der Waals surface area contributed by atoms with E-state index in [1.165, 1.54) is 6.33 Å². The molecule has 1 N–H and O–H groups in total. The third-order valence-corrected chi connectivity index (χ3v) is 3.87. The van der Waals surface area contributed by atoms with Crippen molar-refractivity contribution in [1.29, 1.82) is 0 Å². The van der Waals surface area contributed by atoms with Crippen molar-refractivity contribution in [2.75, 3.05) is 19.6 Å². The molecule has 1 atom stereocenters. The Balaban J connectivity index is 0.00000176. The van der Waals surface area contributed by atoms with Gasteiger partial charge in [0.05, 0.1) is 5.69 Å². The summed E-state index contributed by atoms with van der Waals surface area (Å²) in [5, 5.41) is 7.42. The molecule has 1 aromatic carbocycles. The zero-order valence-electron chi connectivity index (χ0n) is 12.7. The van der Waals surface area contributed by atoms with Crippen molar-refractivity contribution < 1.29 is 4.79 Å². The van der Waals surface area contributed by atoms with Crippen LogP contribution in [0.25, 0.3) is 5.69 Å². The smallest absolute Gasteiger partial charge is 0.254 e. The van der Waals surface area contributed by atoms with Crippen LogP contribution in [0.1, 0.15) is 22.8 Å². The van der Waals surface area contributed by atoms with Crippen molar-refractivity contribution in [2.24, 2.45) is 0 Å². The summed E-state index contributed by atoms with van der Waals surface area (Å²) < 4.78 is 1.71. The first kappa shape index (κ1) is 16.5. The third kappa shape index (κ3) is 3.13. The Bertz CT molecular complexity index is 643. The largest absolute Gasteiger partial charge is 0.333 e. The third-order valence-electron chi connectivity index (χ3n) is 3.87. The highest BCUT2D eigenvalue weighted by Gasteiger charge is 2.24. The molecule has 0 bridgehead atoms. The fourth-order valence-corrected chi connectivity index (χ4v) is 2.69. The standard InChI is InChI=1S/C15H19N5O.ClH/c1-11-7-13(3-4-14(11)20-10-17-9-18-20)15(21)19-6-5-16-8-12(19)2;/h3-4,7,9-10,12,16H,5-6,8H2,1-2H3;1H/t12-;/m0./s1. The number of benzene rings is 1. The van der Waals surface area contributed by atoms with Gasteiger partial charge < -0.3 is 10.2 Å². The first-order valence-electron chi connectivity index (χ1n) is 7.14. The molecule has 1 saturated heterocycles. The predicted octanol–water partition coefficient (Wildman–Crippen LogP) is 1.43. The molecule has 6 nitrogen and oxygen atoms in total. The molecular formula is C15H20ClN5O. The number of carbonyl (C=O) groups excluding carboxylic acids is 1. The summed E-state index contributed by atoms with van der Waals surface area (Å²) in [4.78, 5) is 18.5. The van der Waals surface area contributed by atoms with E-state index in [2.05, 4.69) is 22.3 Å². The van der Waals surface area contributed by atoms with Crippen LogP contribution in [0.3, 0.4) is 0 Å². The van der Waals surface area contributed by atoms with Gasteiger partial charge in [-0.3, -0.25) is 4.79 Å². The van der Waals surface area contributed by atoms with E-state index in [9.17, 15) is 4.79 Å². The zero-order chi connectivity index (χ0) is 14.8. The molecule has 0 unspecified atom stereocenters. The predicted molar refractivity (Wildman–Crippen MR) is 86.7 cm³/mol. The molecule has 7 heteroatoms. The van der Waals surface area contributed by atoms with Gasteiger partial charge >= 0.3 is 0 Å². The number of piperazine rings is 1. The highest BCUT2D eigenvalue weighted by Crippen LogP contribution is 2.17. The van der Waals surface area contributed by atoms with Gasteiger partial charge in [0.25, 0.3) is 5.91 Å². The molecule has 1 aliphatic heterocycles. The molecule has 118 valence electrons. The van der Waals surface area contributed by atoms with Crippen LogP contribution in [0.4, 0.5) is 0 Å². The quantitative estimate of drug-likeness (QED) is 0.909. The molecular weight excluding hydrogens is 302 g/mol. The summed E-state index contributed by atoms with van der Waals surface area (Å²) >= 11 is 0. The number of hydrogen-bond acceptors (Lipinski definition) is 4. The Morgan fingerprint density at radius 2 is 2.23 bits per heavy atom. The maximum absolute atomic E-state index is 12.6. The number of carbonyl (C=O) groups is 1. The molecule has 1 amide bonds. The topological polar surface area (TPSA) is 63.1 Å². The highest BCUT2D eigenvalue weighted by atomic mass is 35.5. The summed E-state index contributed by atoms with van der Waals surface area (Å²) in [6, 6.07) is 5.93. The first-order valence-corrected chi connectivity index (χ1v) is 7.14. The zero-order valence-corrected chi connectivity index (χ0v) is 13.5. The first-order chi connectivity index (χ1) is 10.2. The SMILES string of the molecule is Cc1cc(C(=O)N2CCNC[C@@H]2C)ccc1-n1cncn1.Cl. The van der Waals surface area contributed by atoms with Crippen LogP contribution in [0.2, 0.25) is 0 Å². The number of nitrogens with one attached hydrogen (secondary N) is 1. The van der Waals surface area contributed by atoms with Gasteiger partial charge in [-0.2, -0.15) is 5.10 Å². The number of amides is 1. The fourth-order valence-electron chi connectivity index (χ4n) is 2.69.